The number of nitrogens with zero attached hydrogens (tertiary/aromatic N) is 5. The van der Waals surface area contributed by atoms with E-state index in [9.17, 15) is 19.2 Å². The molecule has 0 radical (unpaired) electrons. The number of nitrogens with one attached hydrogen (secondary N) is 1. The van der Waals surface area contributed by atoms with E-state index < -0.39 is 24.3 Å². The Kier molecular flexibility index (Phi) is 8.07. The van der Waals surface area contributed by atoms with E-state index in [1.807, 2.05) is 0 Å². The van der Waals surface area contributed by atoms with Gasteiger partial charge in [-0.05, 0) is 68.4 Å². The Labute approximate surface area is 257 Å². The van der Waals surface area contributed by atoms with Gasteiger partial charge in [0.2, 0.25) is 5.91 Å². The monoisotopic (exact) mass is 616 g/mol. The molecule has 43 heavy (non-hydrogen) atoms. The largest absolute Gasteiger partial charge is 0.347 e. The molecule has 3 heterocycles. The van der Waals surface area contributed by atoms with Crippen molar-refractivity contribution in [2.75, 3.05) is 19.6 Å². The van der Waals surface area contributed by atoms with E-state index in [0.717, 1.165) is 30.8 Å². The van der Waals surface area contributed by atoms with Crippen molar-refractivity contribution < 1.29 is 19.2 Å². The minimum absolute atomic E-state index is 0.0721. The first-order valence-electron chi connectivity index (χ1n) is 13.8. The van der Waals surface area contributed by atoms with Gasteiger partial charge in [0.05, 0.1) is 34.9 Å². The number of amides is 3. The fourth-order valence-corrected chi connectivity index (χ4v) is 5.82. The fraction of sp³-hybridized carbons (Fsp3) is 0.226. The molecule has 4 aromatic rings. The highest BCUT2D eigenvalue weighted by atomic mass is 35.5. The van der Waals surface area contributed by atoms with Crippen LogP contribution in [0.25, 0.3) is 5.69 Å². The van der Waals surface area contributed by atoms with E-state index in [1.54, 1.807) is 71.3 Å². The fourth-order valence-electron chi connectivity index (χ4n) is 5.42. The van der Waals surface area contributed by atoms with Gasteiger partial charge in [-0.2, -0.15) is 0 Å². The Balaban J connectivity index is 1.30. The molecule has 0 bridgehead atoms. The Bertz CT molecular complexity index is 1730. The predicted octanol–water partition coefficient (Wildman–Crippen LogP) is 4.31. The topological polar surface area (TPSA) is 118 Å². The number of hydrogen-bond donors (Lipinski definition) is 1. The molecule has 1 saturated heterocycles. The van der Waals surface area contributed by atoms with Crippen LogP contribution in [-0.2, 0) is 17.9 Å². The van der Waals surface area contributed by atoms with Crippen LogP contribution in [0.15, 0.2) is 66.7 Å². The van der Waals surface area contributed by atoms with Crippen LogP contribution >= 0.6 is 23.2 Å². The van der Waals surface area contributed by atoms with Gasteiger partial charge in [-0.15, -0.1) is 10.2 Å². The van der Waals surface area contributed by atoms with Crippen molar-refractivity contribution in [1.29, 1.82) is 0 Å². The summed E-state index contributed by atoms with van der Waals surface area (Å²) in [5.74, 6) is -0.966. The van der Waals surface area contributed by atoms with E-state index in [1.165, 1.54) is 0 Å². The summed E-state index contributed by atoms with van der Waals surface area (Å²) in [5.41, 5.74) is 1.63. The Morgan fingerprint density at radius 2 is 1.47 bits per heavy atom. The van der Waals surface area contributed by atoms with Crippen LogP contribution in [0.1, 0.15) is 61.1 Å². The molecule has 0 unspecified atom stereocenters. The van der Waals surface area contributed by atoms with Crippen molar-refractivity contribution in [1.82, 2.24) is 29.9 Å². The molecule has 1 N–H and O–H groups in total. The molecule has 0 aliphatic carbocycles. The molecule has 12 heteroatoms. The Morgan fingerprint density at radius 1 is 0.814 bits per heavy atom. The molecule has 0 atom stereocenters. The smallest absolute Gasteiger partial charge is 0.262 e. The number of carbonyl (C=O) groups is 4. The van der Waals surface area contributed by atoms with E-state index in [-0.39, 0.29) is 23.5 Å². The molecule has 1 fully saturated rings. The van der Waals surface area contributed by atoms with Crippen molar-refractivity contribution in [3.63, 3.8) is 0 Å². The first kappa shape index (κ1) is 28.7. The van der Waals surface area contributed by atoms with Crippen molar-refractivity contribution in [3.8, 4) is 5.69 Å². The molecule has 1 aromatic heterocycles. The van der Waals surface area contributed by atoms with Gasteiger partial charge >= 0.3 is 0 Å². The Hall–Kier alpha value is -4.38. The van der Waals surface area contributed by atoms with E-state index in [0.29, 0.717) is 45.1 Å². The maximum Gasteiger partial charge on any atom is 0.262 e. The number of imide groups is 1. The molecule has 3 aromatic carbocycles. The number of halogens is 2. The molecule has 3 amide bonds. The van der Waals surface area contributed by atoms with Gasteiger partial charge in [-0.3, -0.25) is 33.5 Å². The van der Waals surface area contributed by atoms with Crippen LogP contribution in [0.3, 0.4) is 0 Å². The Morgan fingerprint density at radius 3 is 2.16 bits per heavy atom. The maximum atomic E-state index is 13.8. The molecule has 0 spiro atoms. The third-order valence-electron chi connectivity index (χ3n) is 7.55. The summed E-state index contributed by atoms with van der Waals surface area (Å²) >= 11 is 12.7. The van der Waals surface area contributed by atoms with Gasteiger partial charge < -0.3 is 5.32 Å². The third kappa shape index (κ3) is 5.69. The predicted molar refractivity (Wildman–Crippen MR) is 159 cm³/mol. The zero-order chi connectivity index (χ0) is 30.1. The van der Waals surface area contributed by atoms with Crippen LogP contribution in [0.4, 0.5) is 0 Å². The summed E-state index contributed by atoms with van der Waals surface area (Å²) in [5, 5.41) is 12.2. The second-order valence-corrected chi connectivity index (χ2v) is 11.2. The summed E-state index contributed by atoms with van der Waals surface area (Å²) in [6, 6.07) is 18.2. The van der Waals surface area contributed by atoms with Gasteiger partial charge in [0.15, 0.2) is 17.4 Å². The molecular formula is C31H26Cl2N6O4. The zero-order valence-corrected chi connectivity index (χ0v) is 24.4. The van der Waals surface area contributed by atoms with Gasteiger partial charge in [0.1, 0.15) is 6.54 Å². The molecule has 10 nitrogen and oxygen atoms in total. The van der Waals surface area contributed by atoms with Crippen molar-refractivity contribution in [2.45, 2.75) is 25.9 Å². The highest BCUT2D eigenvalue weighted by molar-refractivity contribution is 6.35. The second-order valence-electron chi connectivity index (χ2n) is 10.3. The quantitative estimate of drug-likeness (QED) is 0.220. The van der Waals surface area contributed by atoms with Gasteiger partial charge in [0, 0.05) is 16.1 Å². The van der Waals surface area contributed by atoms with Crippen LogP contribution in [0, 0.1) is 0 Å². The molecule has 2 aliphatic rings. The van der Waals surface area contributed by atoms with E-state index in [4.69, 9.17) is 23.2 Å². The summed E-state index contributed by atoms with van der Waals surface area (Å²) in [7, 11) is 0. The average molecular weight is 617 g/mol. The second kappa shape index (κ2) is 12.1. The summed E-state index contributed by atoms with van der Waals surface area (Å²) in [6.07, 6.45) is 2.15. The number of carbonyl (C=O) groups excluding carboxylic acids is 4. The van der Waals surface area contributed by atoms with Crippen molar-refractivity contribution in [2.24, 2.45) is 0 Å². The van der Waals surface area contributed by atoms with E-state index in [2.05, 4.69) is 20.4 Å². The number of likely N-dealkylation sites (tertiary alicyclic amines) is 1. The van der Waals surface area contributed by atoms with Crippen LogP contribution in [-0.4, -0.2) is 67.7 Å². The number of hydrogen-bond acceptors (Lipinski definition) is 7. The molecule has 0 saturated carbocycles. The zero-order valence-electron chi connectivity index (χ0n) is 22.9. The number of fused-ring (bicyclic) bond motifs is 1. The highest BCUT2D eigenvalue weighted by Gasteiger charge is 2.36. The standard InChI is InChI=1S/C31H26Cl2N6O4/c32-19-11-12-25(23(15-19)29(41)22-9-3-4-10-24(22)33)39-26(35-36-27(39)17-37-13-5-6-14-37)16-34-28(40)18-38-30(42)20-7-1-2-8-21(20)31(38)43/h1-4,7-12,15H,5-6,13-14,16-18H2,(H,34,40). The molecular weight excluding hydrogens is 591 g/mol. The lowest BCUT2D eigenvalue weighted by molar-refractivity contribution is -0.121. The van der Waals surface area contributed by atoms with Gasteiger partial charge in [0.25, 0.3) is 11.8 Å². The molecule has 6 rings (SSSR count). The van der Waals surface area contributed by atoms with Crippen molar-refractivity contribution in [3.05, 3.63) is 111 Å². The lowest BCUT2D eigenvalue weighted by Gasteiger charge is -2.19. The first-order chi connectivity index (χ1) is 20.8. The summed E-state index contributed by atoms with van der Waals surface area (Å²) in [6.45, 7) is 1.78. The van der Waals surface area contributed by atoms with Crippen LogP contribution in [0.5, 0.6) is 0 Å². The van der Waals surface area contributed by atoms with Gasteiger partial charge in [-0.1, -0.05) is 47.5 Å². The lowest BCUT2D eigenvalue weighted by atomic mass is 10.0. The first-order valence-corrected chi connectivity index (χ1v) is 14.5. The van der Waals surface area contributed by atoms with Gasteiger partial charge in [-0.25, -0.2) is 0 Å². The average Bonchev–Trinajstić information content (AvgIpc) is 3.73. The number of benzene rings is 3. The molecule has 218 valence electrons. The third-order valence-corrected chi connectivity index (χ3v) is 8.11. The number of rotatable bonds is 9. The van der Waals surface area contributed by atoms with E-state index >= 15 is 0 Å². The molecule has 2 aliphatic heterocycles. The number of ketones is 1. The summed E-state index contributed by atoms with van der Waals surface area (Å²) < 4.78 is 1.75. The summed E-state index contributed by atoms with van der Waals surface area (Å²) in [4.78, 5) is 55.4. The lowest BCUT2D eigenvalue weighted by Crippen LogP contribution is -2.40. The highest BCUT2D eigenvalue weighted by Crippen LogP contribution is 2.28. The minimum Gasteiger partial charge on any atom is -0.347 e. The minimum atomic E-state index is -0.548. The number of aromatic nitrogens is 3. The van der Waals surface area contributed by atoms with Crippen molar-refractivity contribution >= 4 is 46.7 Å². The normalized spacial score (nSPS) is 14.8. The van der Waals surface area contributed by atoms with Crippen LogP contribution < -0.4 is 5.32 Å². The SMILES string of the molecule is O=C(CN1C(=O)c2ccccc2C1=O)NCc1nnc(CN2CCCC2)n1-c1ccc(Cl)cc1C(=O)c1ccccc1Cl. The maximum absolute atomic E-state index is 13.8. The van der Waals surface area contributed by atoms with Crippen LogP contribution in [0.2, 0.25) is 10.0 Å².